The van der Waals surface area contributed by atoms with Crippen molar-refractivity contribution in [3.05, 3.63) is 30.0 Å². The first kappa shape index (κ1) is 7.68. The fourth-order valence-electron chi connectivity index (χ4n) is 1.27. The van der Waals surface area contributed by atoms with Gasteiger partial charge in [-0.05, 0) is 23.8 Å². The number of thiol groups is 1. The minimum atomic E-state index is 0.889. The van der Waals surface area contributed by atoms with Crippen molar-refractivity contribution in [2.24, 2.45) is 0 Å². The standard InChI is InChI=1S/C9H10N2S/c12-4-3-7-1-2-8-6-10-11-9(8)5-7/h1-2,5-6,12H,3-4H2,(H,10,11). The van der Waals surface area contributed by atoms with Crippen molar-refractivity contribution in [2.45, 2.75) is 6.42 Å². The molecule has 0 bridgehead atoms. The quantitative estimate of drug-likeness (QED) is 0.677. The first-order valence-corrected chi connectivity index (χ1v) is 4.56. The van der Waals surface area contributed by atoms with Crippen molar-refractivity contribution < 1.29 is 0 Å². The zero-order chi connectivity index (χ0) is 8.39. The molecule has 2 nitrogen and oxygen atoms in total. The van der Waals surface area contributed by atoms with Gasteiger partial charge in [0.25, 0.3) is 0 Å². The van der Waals surface area contributed by atoms with Crippen LogP contribution in [0.15, 0.2) is 24.4 Å². The summed E-state index contributed by atoms with van der Waals surface area (Å²) >= 11 is 4.19. The van der Waals surface area contributed by atoms with Crippen LogP contribution in [0.1, 0.15) is 5.56 Å². The Morgan fingerprint density at radius 2 is 2.33 bits per heavy atom. The molecule has 1 aromatic carbocycles. The van der Waals surface area contributed by atoms with E-state index in [4.69, 9.17) is 0 Å². The third kappa shape index (κ3) is 1.32. The molecular formula is C9H10N2S. The van der Waals surface area contributed by atoms with Gasteiger partial charge in [0.2, 0.25) is 0 Å². The maximum Gasteiger partial charge on any atom is 0.0653 e. The third-order valence-corrected chi connectivity index (χ3v) is 2.13. The molecule has 0 fully saturated rings. The molecule has 0 atom stereocenters. The van der Waals surface area contributed by atoms with Crippen LogP contribution in [-0.2, 0) is 6.42 Å². The number of aromatic amines is 1. The number of H-pyrrole nitrogens is 1. The second-order valence-electron chi connectivity index (χ2n) is 2.77. The van der Waals surface area contributed by atoms with Crippen LogP contribution >= 0.6 is 12.6 Å². The maximum atomic E-state index is 4.19. The van der Waals surface area contributed by atoms with Crippen molar-refractivity contribution in [3.63, 3.8) is 0 Å². The summed E-state index contributed by atoms with van der Waals surface area (Å²) in [4.78, 5) is 0. The second kappa shape index (κ2) is 3.19. The van der Waals surface area contributed by atoms with E-state index in [9.17, 15) is 0 Å². The van der Waals surface area contributed by atoms with Crippen LogP contribution in [0, 0.1) is 0 Å². The van der Waals surface area contributed by atoms with E-state index in [-0.39, 0.29) is 0 Å². The van der Waals surface area contributed by atoms with Crippen molar-refractivity contribution in [1.29, 1.82) is 0 Å². The van der Waals surface area contributed by atoms with Gasteiger partial charge in [-0.25, -0.2) is 0 Å². The van der Waals surface area contributed by atoms with Gasteiger partial charge < -0.3 is 0 Å². The average molecular weight is 178 g/mol. The summed E-state index contributed by atoms with van der Waals surface area (Å²) in [6.07, 6.45) is 2.85. The number of fused-ring (bicyclic) bond motifs is 1. The van der Waals surface area contributed by atoms with E-state index < -0.39 is 0 Å². The molecule has 0 unspecified atom stereocenters. The lowest BCUT2D eigenvalue weighted by atomic mass is 10.1. The van der Waals surface area contributed by atoms with E-state index in [0.29, 0.717) is 0 Å². The molecule has 0 spiro atoms. The number of aromatic nitrogens is 2. The van der Waals surface area contributed by atoms with Gasteiger partial charge >= 0.3 is 0 Å². The Hall–Kier alpha value is -0.960. The Morgan fingerprint density at radius 1 is 1.42 bits per heavy atom. The number of hydrogen-bond acceptors (Lipinski definition) is 2. The average Bonchev–Trinajstić information content (AvgIpc) is 2.51. The lowest BCUT2D eigenvalue weighted by Crippen LogP contribution is -1.84. The molecule has 2 rings (SSSR count). The zero-order valence-electron chi connectivity index (χ0n) is 6.62. The van der Waals surface area contributed by atoms with Crippen LogP contribution in [0.4, 0.5) is 0 Å². The van der Waals surface area contributed by atoms with E-state index in [0.717, 1.165) is 23.1 Å². The van der Waals surface area contributed by atoms with Crippen LogP contribution in [0.5, 0.6) is 0 Å². The Bertz CT molecular complexity index is 381. The Labute approximate surface area is 76.4 Å². The molecule has 1 N–H and O–H groups in total. The largest absolute Gasteiger partial charge is 0.278 e. The molecule has 2 aromatic rings. The highest BCUT2D eigenvalue weighted by Gasteiger charge is 1.96. The third-order valence-electron chi connectivity index (χ3n) is 1.91. The molecule has 1 heterocycles. The van der Waals surface area contributed by atoms with Crippen molar-refractivity contribution in [1.82, 2.24) is 10.2 Å². The van der Waals surface area contributed by atoms with E-state index in [1.54, 1.807) is 0 Å². The van der Waals surface area contributed by atoms with Crippen LogP contribution in [-0.4, -0.2) is 16.0 Å². The summed E-state index contributed by atoms with van der Waals surface area (Å²) in [6.45, 7) is 0. The number of benzene rings is 1. The minimum Gasteiger partial charge on any atom is -0.278 e. The number of rotatable bonds is 2. The highest BCUT2D eigenvalue weighted by atomic mass is 32.1. The van der Waals surface area contributed by atoms with E-state index in [1.165, 1.54) is 5.56 Å². The van der Waals surface area contributed by atoms with Crippen molar-refractivity contribution in [2.75, 3.05) is 5.75 Å². The van der Waals surface area contributed by atoms with Gasteiger partial charge in [0.1, 0.15) is 0 Å². The van der Waals surface area contributed by atoms with E-state index >= 15 is 0 Å². The smallest absolute Gasteiger partial charge is 0.0653 e. The van der Waals surface area contributed by atoms with Crippen molar-refractivity contribution in [3.8, 4) is 0 Å². The molecule has 1 aromatic heterocycles. The highest BCUT2D eigenvalue weighted by molar-refractivity contribution is 7.80. The normalized spacial score (nSPS) is 10.8. The van der Waals surface area contributed by atoms with Crippen LogP contribution < -0.4 is 0 Å². The minimum absolute atomic E-state index is 0.889. The molecule has 0 aliphatic carbocycles. The Kier molecular flexibility index (Phi) is 2.04. The molecule has 3 heteroatoms. The fraction of sp³-hybridized carbons (Fsp3) is 0.222. The van der Waals surface area contributed by atoms with E-state index in [2.05, 4.69) is 41.0 Å². The highest BCUT2D eigenvalue weighted by Crippen LogP contribution is 2.13. The monoisotopic (exact) mass is 178 g/mol. The molecule has 0 amide bonds. The topological polar surface area (TPSA) is 28.7 Å². The van der Waals surface area contributed by atoms with Crippen LogP contribution in [0.3, 0.4) is 0 Å². The molecule has 0 radical (unpaired) electrons. The van der Waals surface area contributed by atoms with Crippen molar-refractivity contribution >= 4 is 23.5 Å². The summed E-state index contributed by atoms with van der Waals surface area (Å²) in [5.74, 6) is 0.889. The molecule has 0 aliphatic rings. The lowest BCUT2D eigenvalue weighted by molar-refractivity contribution is 1.11. The Balaban J connectivity index is 2.46. The van der Waals surface area contributed by atoms with Gasteiger partial charge in [0.05, 0.1) is 11.7 Å². The molecule has 0 saturated heterocycles. The van der Waals surface area contributed by atoms with Gasteiger partial charge in [-0.2, -0.15) is 17.7 Å². The number of nitrogens with one attached hydrogen (secondary N) is 1. The number of nitrogens with zero attached hydrogens (tertiary/aromatic N) is 1. The molecule has 0 saturated carbocycles. The van der Waals surface area contributed by atoms with Gasteiger partial charge in [-0.3, -0.25) is 5.10 Å². The maximum absolute atomic E-state index is 4.19. The fourth-order valence-corrected chi connectivity index (χ4v) is 1.53. The number of aryl methyl sites for hydroxylation is 1. The van der Waals surface area contributed by atoms with Gasteiger partial charge in [-0.15, -0.1) is 0 Å². The van der Waals surface area contributed by atoms with E-state index in [1.807, 2.05) is 6.20 Å². The predicted octanol–water partition coefficient (Wildman–Crippen LogP) is 2.04. The van der Waals surface area contributed by atoms with Gasteiger partial charge in [-0.1, -0.05) is 12.1 Å². The second-order valence-corrected chi connectivity index (χ2v) is 3.21. The molecule has 62 valence electrons. The van der Waals surface area contributed by atoms with Crippen LogP contribution in [0.2, 0.25) is 0 Å². The zero-order valence-corrected chi connectivity index (χ0v) is 7.51. The first-order chi connectivity index (χ1) is 5.90. The first-order valence-electron chi connectivity index (χ1n) is 3.93. The number of hydrogen-bond donors (Lipinski definition) is 2. The molecular weight excluding hydrogens is 168 g/mol. The molecule has 0 aliphatic heterocycles. The lowest BCUT2D eigenvalue weighted by Gasteiger charge is -1.96. The SMILES string of the molecule is SCCc1ccc2cn[nH]c2c1. The van der Waals surface area contributed by atoms with Gasteiger partial charge in [0.15, 0.2) is 0 Å². The summed E-state index contributed by atoms with van der Waals surface area (Å²) in [5.41, 5.74) is 2.41. The molecule has 12 heavy (non-hydrogen) atoms. The predicted molar refractivity (Wildman–Crippen MR) is 53.7 cm³/mol. The summed E-state index contributed by atoms with van der Waals surface area (Å²) in [6, 6.07) is 6.32. The summed E-state index contributed by atoms with van der Waals surface area (Å²) < 4.78 is 0. The Morgan fingerprint density at radius 3 is 3.17 bits per heavy atom. The van der Waals surface area contributed by atoms with Crippen LogP contribution in [0.25, 0.3) is 10.9 Å². The summed E-state index contributed by atoms with van der Waals surface area (Å²) in [5, 5.41) is 8.07. The summed E-state index contributed by atoms with van der Waals surface area (Å²) in [7, 11) is 0. The van der Waals surface area contributed by atoms with Gasteiger partial charge in [0, 0.05) is 5.39 Å².